The molecule has 0 saturated carbocycles. The van der Waals surface area contributed by atoms with Gasteiger partial charge in [0.1, 0.15) is 0 Å². The van der Waals surface area contributed by atoms with Crippen molar-refractivity contribution in [3.8, 4) is 0 Å². The summed E-state index contributed by atoms with van der Waals surface area (Å²) in [7, 11) is 3.73. The number of nitrogens with zero attached hydrogens (tertiary/aromatic N) is 1. The third-order valence-corrected chi connectivity index (χ3v) is 2.75. The van der Waals surface area contributed by atoms with Gasteiger partial charge in [0.05, 0.1) is 18.8 Å². The Kier molecular flexibility index (Phi) is 5.53. The molecule has 1 heterocycles. The van der Waals surface area contributed by atoms with E-state index < -0.39 is 0 Å². The minimum Gasteiger partial charge on any atom is -0.383 e. The first-order chi connectivity index (χ1) is 7.15. The zero-order valence-corrected chi connectivity index (χ0v) is 10.3. The van der Waals surface area contributed by atoms with Crippen LogP contribution in [-0.2, 0) is 9.47 Å². The summed E-state index contributed by atoms with van der Waals surface area (Å²) in [6.07, 6.45) is 0.683. The molecule has 4 heteroatoms. The molecule has 1 fully saturated rings. The van der Waals surface area contributed by atoms with E-state index in [1.54, 1.807) is 7.11 Å². The zero-order chi connectivity index (χ0) is 11.3. The predicted molar refractivity (Wildman–Crippen MR) is 61.2 cm³/mol. The SMILES string of the molecule is CNC(COC)CN1CC(C)OC(C)C1. The highest BCUT2D eigenvalue weighted by Gasteiger charge is 2.23. The highest BCUT2D eigenvalue weighted by molar-refractivity contribution is 4.77. The second-order valence-corrected chi connectivity index (χ2v) is 4.42. The molecule has 0 aliphatic carbocycles. The highest BCUT2D eigenvalue weighted by atomic mass is 16.5. The number of likely N-dealkylation sites (N-methyl/N-ethyl adjacent to an activating group) is 1. The fourth-order valence-corrected chi connectivity index (χ4v) is 2.17. The van der Waals surface area contributed by atoms with Crippen LogP contribution in [0.2, 0.25) is 0 Å². The van der Waals surface area contributed by atoms with Gasteiger partial charge >= 0.3 is 0 Å². The van der Waals surface area contributed by atoms with Gasteiger partial charge in [0, 0.05) is 32.8 Å². The summed E-state index contributed by atoms with van der Waals surface area (Å²) < 4.78 is 10.9. The molecule has 0 aromatic carbocycles. The van der Waals surface area contributed by atoms with E-state index in [4.69, 9.17) is 9.47 Å². The van der Waals surface area contributed by atoms with Gasteiger partial charge in [-0.1, -0.05) is 0 Å². The van der Waals surface area contributed by atoms with Gasteiger partial charge in [0.25, 0.3) is 0 Å². The van der Waals surface area contributed by atoms with E-state index in [-0.39, 0.29) is 0 Å². The van der Waals surface area contributed by atoms with Gasteiger partial charge in [0.15, 0.2) is 0 Å². The number of morpholine rings is 1. The number of methoxy groups -OCH3 is 1. The Morgan fingerprint density at radius 1 is 1.40 bits per heavy atom. The molecule has 3 unspecified atom stereocenters. The van der Waals surface area contributed by atoms with Crippen molar-refractivity contribution in [2.24, 2.45) is 0 Å². The molecule has 4 nitrogen and oxygen atoms in total. The van der Waals surface area contributed by atoms with Crippen molar-refractivity contribution < 1.29 is 9.47 Å². The highest BCUT2D eigenvalue weighted by Crippen LogP contribution is 2.10. The number of hydrogen-bond acceptors (Lipinski definition) is 4. The lowest BCUT2D eigenvalue weighted by Gasteiger charge is -2.37. The first-order valence-electron chi connectivity index (χ1n) is 5.69. The monoisotopic (exact) mass is 216 g/mol. The minimum atomic E-state index is 0.341. The van der Waals surface area contributed by atoms with Crippen molar-refractivity contribution in [2.45, 2.75) is 32.1 Å². The van der Waals surface area contributed by atoms with E-state index in [2.05, 4.69) is 24.1 Å². The van der Waals surface area contributed by atoms with E-state index in [1.165, 1.54) is 0 Å². The number of ether oxygens (including phenoxy) is 2. The van der Waals surface area contributed by atoms with Crippen LogP contribution in [0.1, 0.15) is 13.8 Å². The summed E-state index contributed by atoms with van der Waals surface area (Å²) in [5, 5.41) is 3.27. The molecule has 90 valence electrons. The van der Waals surface area contributed by atoms with Crippen LogP contribution in [0.25, 0.3) is 0 Å². The van der Waals surface area contributed by atoms with Crippen LogP contribution in [0.3, 0.4) is 0 Å². The number of hydrogen-bond donors (Lipinski definition) is 1. The van der Waals surface area contributed by atoms with Crippen LogP contribution >= 0.6 is 0 Å². The molecule has 15 heavy (non-hydrogen) atoms. The Morgan fingerprint density at radius 3 is 2.47 bits per heavy atom. The topological polar surface area (TPSA) is 33.7 Å². The molecule has 0 aromatic rings. The van der Waals surface area contributed by atoms with Crippen molar-refractivity contribution in [1.82, 2.24) is 10.2 Å². The Labute approximate surface area is 92.9 Å². The molecule has 1 saturated heterocycles. The van der Waals surface area contributed by atoms with E-state index in [0.717, 1.165) is 26.2 Å². The molecule has 0 amide bonds. The third-order valence-electron chi connectivity index (χ3n) is 2.75. The third kappa shape index (κ3) is 4.47. The van der Waals surface area contributed by atoms with Crippen LogP contribution in [0.15, 0.2) is 0 Å². The largest absolute Gasteiger partial charge is 0.383 e. The first-order valence-corrected chi connectivity index (χ1v) is 5.69. The molecular weight excluding hydrogens is 192 g/mol. The van der Waals surface area contributed by atoms with Gasteiger partial charge < -0.3 is 14.8 Å². The second-order valence-electron chi connectivity index (χ2n) is 4.42. The standard InChI is InChI=1S/C11H24N2O2/c1-9-5-13(6-10(2)15-9)7-11(12-3)8-14-4/h9-12H,5-8H2,1-4H3. The smallest absolute Gasteiger partial charge is 0.0678 e. The van der Waals surface area contributed by atoms with Crippen LogP contribution in [0, 0.1) is 0 Å². The van der Waals surface area contributed by atoms with Crippen LogP contribution in [-0.4, -0.2) is 63.5 Å². The van der Waals surface area contributed by atoms with Crippen molar-refractivity contribution in [1.29, 1.82) is 0 Å². The lowest BCUT2D eigenvalue weighted by molar-refractivity contribution is -0.0711. The molecule has 3 atom stereocenters. The Morgan fingerprint density at radius 2 is 2.00 bits per heavy atom. The number of nitrogens with one attached hydrogen (secondary N) is 1. The van der Waals surface area contributed by atoms with Gasteiger partial charge in [-0.15, -0.1) is 0 Å². The average molecular weight is 216 g/mol. The molecule has 0 aromatic heterocycles. The van der Waals surface area contributed by atoms with Crippen LogP contribution in [0.5, 0.6) is 0 Å². The summed E-state index contributed by atoms with van der Waals surface area (Å²) in [6, 6.07) is 0.410. The average Bonchev–Trinajstić information content (AvgIpc) is 2.15. The predicted octanol–water partition coefficient (Wildman–Crippen LogP) is 0.330. The maximum Gasteiger partial charge on any atom is 0.0678 e. The molecule has 1 aliphatic heterocycles. The molecule has 0 radical (unpaired) electrons. The maximum absolute atomic E-state index is 5.70. The van der Waals surface area contributed by atoms with Gasteiger partial charge in [-0.25, -0.2) is 0 Å². The first kappa shape index (κ1) is 12.9. The Balaban J connectivity index is 2.35. The summed E-state index contributed by atoms with van der Waals surface area (Å²) >= 11 is 0. The number of rotatable bonds is 5. The molecule has 0 spiro atoms. The van der Waals surface area contributed by atoms with Crippen molar-refractivity contribution >= 4 is 0 Å². The zero-order valence-electron chi connectivity index (χ0n) is 10.3. The molecule has 1 aliphatic rings. The lowest BCUT2D eigenvalue weighted by Crippen LogP contribution is -2.51. The summed E-state index contributed by atoms with van der Waals surface area (Å²) in [5.74, 6) is 0. The fourth-order valence-electron chi connectivity index (χ4n) is 2.17. The Hall–Kier alpha value is -0.160. The second kappa shape index (κ2) is 6.43. The van der Waals surface area contributed by atoms with E-state index in [0.29, 0.717) is 18.2 Å². The molecule has 1 N–H and O–H groups in total. The van der Waals surface area contributed by atoms with Gasteiger partial charge in [0.2, 0.25) is 0 Å². The summed E-state index contributed by atoms with van der Waals surface area (Å²) in [6.45, 7) is 8.10. The fraction of sp³-hybridized carbons (Fsp3) is 1.00. The van der Waals surface area contributed by atoms with E-state index in [1.807, 2.05) is 7.05 Å². The van der Waals surface area contributed by atoms with Gasteiger partial charge in [-0.3, -0.25) is 4.90 Å². The maximum atomic E-state index is 5.70. The quantitative estimate of drug-likeness (QED) is 0.718. The molecular formula is C11H24N2O2. The normalized spacial score (nSPS) is 30.4. The summed E-state index contributed by atoms with van der Waals surface area (Å²) in [4.78, 5) is 2.44. The molecule has 0 bridgehead atoms. The van der Waals surface area contributed by atoms with Crippen molar-refractivity contribution in [3.63, 3.8) is 0 Å². The van der Waals surface area contributed by atoms with Crippen LogP contribution < -0.4 is 5.32 Å². The van der Waals surface area contributed by atoms with Crippen LogP contribution in [0.4, 0.5) is 0 Å². The Bertz CT molecular complexity index is 168. The van der Waals surface area contributed by atoms with Crippen molar-refractivity contribution in [3.05, 3.63) is 0 Å². The van der Waals surface area contributed by atoms with E-state index >= 15 is 0 Å². The minimum absolute atomic E-state index is 0.341. The molecule has 1 rings (SSSR count). The van der Waals surface area contributed by atoms with E-state index in [9.17, 15) is 0 Å². The van der Waals surface area contributed by atoms with Gasteiger partial charge in [-0.05, 0) is 20.9 Å². The van der Waals surface area contributed by atoms with Gasteiger partial charge in [-0.2, -0.15) is 0 Å². The summed E-state index contributed by atoms with van der Waals surface area (Å²) in [5.41, 5.74) is 0. The van der Waals surface area contributed by atoms with Crippen molar-refractivity contribution in [2.75, 3.05) is 40.4 Å². The lowest BCUT2D eigenvalue weighted by atomic mass is 10.2.